The Balaban J connectivity index is 1.12. The van der Waals surface area contributed by atoms with Gasteiger partial charge in [-0.25, -0.2) is 0 Å². The van der Waals surface area contributed by atoms with Gasteiger partial charge in [-0.15, -0.1) is 0 Å². The molecule has 2 fully saturated rings. The summed E-state index contributed by atoms with van der Waals surface area (Å²) in [6.07, 6.45) is 6.47. The van der Waals surface area contributed by atoms with E-state index in [0.29, 0.717) is 23.6 Å². The average Bonchev–Trinajstić information content (AvgIpc) is 3.39. The predicted octanol–water partition coefficient (Wildman–Crippen LogP) is 4.52. The van der Waals surface area contributed by atoms with Gasteiger partial charge in [-0.1, -0.05) is 50.1 Å². The molecule has 2 amide bonds. The van der Waals surface area contributed by atoms with Crippen LogP contribution in [0.2, 0.25) is 0 Å². The van der Waals surface area contributed by atoms with E-state index >= 15 is 0 Å². The Bertz CT molecular complexity index is 931. The summed E-state index contributed by atoms with van der Waals surface area (Å²) in [6.45, 7) is 2.84. The summed E-state index contributed by atoms with van der Waals surface area (Å²) < 4.78 is 0. The molecule has 176 valence electrons. The Morgan fingerprint density at radius 3 is 2.39 bits per heavy atom. The first-order valence-corrected chi connectivity index (χ1v) is 12.2. The highest BCUT2D eigenvalue weighted by molar-refractivity contribution is 5.96. The zero-order chi connectivity index (χ0) is 23.2. The van der Waals surface area contributed by atoms with Crippen molar-refractivity contribution in [2.45, 2.75) is 57.5 Å². The second kappa shape index (κ2) is 10.9. The minimum Gasteiger partial charge on any atom is -0.342 e. The van der Waals surface area contributed by atoms with Gasteiger partial charge in [0.1, 0.15) is 0 Å². The molecule has 2 aromatic carbocycles. The van der Waals surface area contributed by atoms with Crippen LogP contribution < -0.4 is 16.2 Å². The quantitative estimate of drug-likeness (QED) is 0.467. The lowest BCUT2D eigenvalue weighted by molar-refractivity contribution is -0.117. The van der Waals surface area contributed by atoms with Gasteiger partial charge < -0.3 is 10.2 Å². The number of hydrogen-bond donors (Lipinski definition) is 3. The smallest absolute Gasteiger partial charge is 0.253 e. The first kappa shape index (κ1) is 23.5. The number of hydrogen-bond acceptors (Lipinski definition) is 4. The van der Waals surface area contributed by atoms with Crippen molar-refractivity contribution in [2.24, 2.45) is 11.8 Å². The third kappa shape index (κ3) is 6.42. The van der Waals surface area contributed by atoms with Crippen molar-refractivity contribution in [1.82, 2.24) is 15.8 Å². The SMILES string of the molecule is CC1CC1C(=O)Nc1ccc(C(=O)N(C)CCCCCC2CC(c3ccccc3)NN2)cc1. The third-order valence-corrected chi connectivity index (χ3v) is 6.92. The highest BCUT2D eigenvalue weighted by Gasteiger charge is 2.39. The first-order valence-electron chi connectivity index (χ1n) is 12.2. The van der Waals surface area contributed by atoms with Crippen LogP contribution in [-0.4, -0.2) is 36.3 Å². The van der Waals surface area contributed by atoms with Crippen LogP contribution in [0.1, 0.15) is 67.4 Å². The van der Waals surface area contributed by atoms with Crippen molar-refractivity contribution in [2.75, 3.05) is 18.9 Å². The Morgan fingerprint density at radius 1 is 0.970 bits per heavy atom. The summed E-state index contributed by atoms with van der Waals surface area (Å²) in [5, 5.41) is 2.94. The molecule has 33 heavy (non-hydrogen) atoms. The summed E-state index contributed by atoms with van der Waals surface area (Å²) >= 11 is 0. The summed E-state index contributed by atoms with van der Waals surface area (Å²) in [5.74, 6) is 0.731. The minimum atomic E-state index is 0.0241. The predicted molar refractivity (Wildman–Crippen MR) is 132 cm³/mol. The maximum Gasteiger partial charge on any atom is 0.253 e. The van der Waals surface area contributed by atoms with E-state index in [1.165, 1.54) is 5.56 Å². The van der Waals surface area contributed by atoms with Gasteiger partial charge >= 0.3 is 0 Å². The van der Waals surface area contributed by atoms with Crippen molar-refractivity contribution in [3.8, 4) is 0 Å². The third-order valence-electron chi connectivity index (χ3n) is 6.92. The molecule has 1 saturated heterocycles. The molecule has 2 aliphatic rings. The minimum absolute atomic E-state index is 0.0241. The van der Waals surface area contributed by atoms with E-state index in [-0.39, 0.29) is 17.7 Å². The number of benzene rings is 2. The largest absolute Gasteiger partial charge is 0.342 e. The number of amides is 2. The van der Waals surface area contributed by atoms with Gasteiger partial charge in [0.25, 0.3) is 5.91 Å². The van der Waals surface area contributed by atoms with E-state index in [9.17, 15) is 9.59 Å². The van der Waals surface area contributed by atoms with Gasteiger partial charge in [-0.05, 0) is 61.4 Å². The van der Waals surface area contributed by atoms with Crippen LogP contribution >= 0.6 is 0 Å². The van der Waals surface area contributed by atoms with Gasteiger partial charge in [-0.2, -0.15) is 0 Å². The molecule has 1 aliphatic heterocycles. The van der Waals surface area contributed by atoms with Crippen LogP contribution in [0.4, 0.5) is 5.69 Å². The fourth-order valence-corrected chi connectivity index (χ4v) is 4.57. The van der Waals surface area contributed by atoms with Crippen LogP contribution in [0, 0.1) is 11.8 Å². The highest BCUT2D eigenvalue weighted by Crippen LogP contribution is 2.38. The number of unbranched alkanes of at least 4 members (excludes halogenated alkanes) is 2. The van der Waals surface area contributed by atoms with E-state index in [1.807, 2.05) is 19.2 Å². The summed E-state index contributed by atoms with van der Waals surface area (Å²) in [7, 11) is 1.86. The molecular formula is C27H36N4O2. The van der Waals surface area contributed by atoms with Gasteiger partial charge in [0.2, 0.25) is 5.91 Å². The molecule has 0 aromatic heterocycles. The molecule has 3 N–H and O–H groups in total. The fraction of sp³-hybridized carbons (Fsp3) is 0.481. The summed E-state index contributed by atoms with van der Waals surface area (Å²) in [4.78, 5) is 26.6. The molecule has 0 bridgehead atoms. The zero-order valence-corrected chi connectivity index (χ0v) is 19.7. The standard InChI is InChI=1S/C27H36N4O2/c1-19-17-24(19)26(32)28-22-14-12-21(13-15-22)27(33)31(2)16-8-4-7-11-23-18-25(30-29-23)20-9-5-3-6-10-20/h3,5-6,9-10,12-15,19,23-25,29-30H,4,7-8,11,16-18H2,1-2H3,(H,28,32). The highest BCUT2D eigenvalue weighted by atomic mass is 16.2. The Labute approximate surface area is 197 Å². The van der Waals surface area contributed by atoms with Crippen molar-refractivity contribution in [1.29, 1.82) is 0 Å². The van der Waals surface area contributed by atoms with Gasteiger partial charge in [0, 0.05) is 42.8 Å². The van der Waals surface area contributed by atoms with Crippen LogP contribution in [0.25, 0.3) is 0 Å². The van der Waals surface area contributed by atoms with E-state index in [0.717, 1.165) is 50.8 Å². The van der Waals surface area contributed by atoms with Crippen LogP contribution in [0.15, 0.2) is 54.6 Å². The van der Waals surface area contributed by atoms with Crippen molar-refractivity contribution in [3.05, 3.63) is 65.7 Å². The monoisotopic (exact) mass is 448 g/mol. The second-order valence-corrected chi connectivity index (χ2v) is 9.65. The van der Waals surface area contributed by atoms with Crippen LogP contribution in [0.5, 0.6) is 0 Å². The van der Waals surface area contributed by atoms with Crippen LogP contribution in [0.3, 0.4) is 0 Å². The lowest BCUT2D eigenvalue weighted by Crippen LogP contribution is -2.30. The van der Waals surface area contributed by atoms with Crippen molar-refractivity contribution < 1.29 is 9.59 Å². The number of anilines is 1. The molecule has 6 nitrogen and oxygen atoms in total. The maximum atomic E-state index is 12.7. The normalized spacial score (nSPS) is 23.8. The van der Waals surface area contributed by atoms with Crippen LogP contribution in [-0.2, 0) is 4.79 Å². The molecular weight excluding hydrogens is 412 g/mol. The molecule has 2 aromatic rings. The Kier molecular flexibility index (Phi) is 7.78. The fourth-order valence-electron chi connectivity index (χ4n) is 4.57. The summed E-state index contributed by atoms with van der Waals surface area (Å²) in [6, 6.07) is 18.7. The van der Waals surface area contributed by atoms with E-state index in [1.54, 1.807) is 17.0 Å². The topological polar surface area (TPSA) is 73.5 Å². The van der Waals surface area contributed by atoms with Gasteiger partial charge in [-0.3, -0.25) is 20.4 Å². The Hall–Kier alpha value is -2.70. The molecule has 4 unspecified atom stereocenters. The van der Waals surface area contributed by atoms with Gasteiger partial charge in [0.05, 0.1) is 0 Å². The zero-order valence-electron chi connectivity index (χ0n) is 19.7. The molecule has 1 saturated carbocycles. The number of rotatable bonds is 10. The molecule has 1 aliphatic carbocycles. The maximum absolute atomic E-state index is 12.7. The summed E-state index contributed by atoms with van der Waals surface area (Å²) in [5.41, 5.74) is 9.59. The molecule has 4 rings (SSSR count). The molecule has 0 spiro atoms. The van der Waals surface area contributed by atoms with Gasteiger partial charge in [0.15, 0.2) is 0 Å². The average molecular weight is 449 g/mol. The number of nitrogens with one attached hydrogen (secondary N) is 3. The van der Waals surface area contributed by atoms with E-state index in [4.69, 9.17) is 0 Å². The lowest BCUT2D eigenvalue weighted by atomic mass is 9.99. The van der Waals surface area contributed by atoms with E-state index < -0.39 is 0 Å². The number of hydrazine groups is 1. The van der Waals surface area contributed by atoms with Crippen molar-refractivity contribution in [3.63, 3.8) is 0 Å². The molecule has 4 atom stereocenters. The molecule has 0 radical (unpaired) electrons. The lowest BCUT2D eigenvalue weighted by Gasteiger charge is -2.18. The molecule has 1 heterocycles. The molecule has 6 heteroatoms. The van der Waals surface area contributed by atoms with Crippen molar-refractivity contribution >= 4 is 17.5 Å². The first-order chi connectivity index (χ1) is 16.0. The number of carbonyl (C=O) groups is 2. The van der Waals surface area contributed by atoms with E-state index in [2.05, 4.69) is 53.4 Å². The second-order valence-electron chi connectivity index (χ2n) is 9.65. The number of carbonyl (C=O) groups excluding carboxylic acids is 2. The Morgan fingerprint density at radius 2 is 1.70 bits per heavy atom. The number of nitrogens with zero attached hydrogens (tertiary/aromatic N) is 1.